The summed E-state index contributed by atoms with van der Waals surface area (Å²) >= 11 is 0. The van der Waals surface area contributed by atoms with Crippen LogP contribution in [0.5, 0.6) is 0 Å². The first kappa shape index (κ1) is 21.3. The van der Waals surface area contributed by atoms with Crippen LogP contribution in [0, 0.1) is 17.7 Å². The molecule has 9 nitrogen and oxygen atoms in total. The van der Waals surface area contributed by atoms with Crippen molar-refractivity contribution in [3.8, 4) is 11.3 Å². The Hall–Kier alpha value is -4.05. The van der Waals surface area contributed by atoms with E-state index in [1.807, 2.05) is 30.3 Å². The molecule has 2 aliphatic heterocycles. The number of aromatic amines is 1. The van der Waals surface area contributed by atoms with Crippen molar-refractivity contribution in [3.05, 3.63) is 65.6 Å². The van der Waals surface area contributed by atoms with Crippen molar-refractivity contribution in [1.82, 2.24) is 25.5 Å². The number of hydrogen-bond acceptors (Lipinski definition) is 6. The van der Waals surface area contributed by atoms with Gasteiger partial charge in [-0.15, -0.1) is 0 Å². The zero-order chi connectivity index (χ0) is 24.4. The summed E-state index contributed by atoms with van der Waals surface area (Å²) in [5, 5.41) is 13.1. The standard InChI is InChI=1S/C26H25FN8O/c27-19-4-2-1-3-17(19)26(13-28)16-7-8-35(12-18(16)26)21-11-29-23-22(33-34-24(23)32-21)14-5-6-15-10-30-25(36)31-20(15)9-14/h1-6,9,11,16,18H,7-8,10,12-13,28H2,(H2,30,31,36)(H,32,33,34)/t16-,18+,26-/m1/s1. The summed E-state index contributed by atoms with van der Waals surface area (Å²) in [7, 11) is 0. The van der Waals surface area contributed by atoms with Crippen LogP contribution in [0.3, 0.4) is 0 Å². The zero-order valence-corrected chi connectivity index (χ0v) is 19.5. The van der Waals surface area contributed by atoms with Crippen molar-refractivity contribution < 1.29 is 9.18 Å². The number of carbonyl (C=O) groups excluding carboxylic acids is 1. The second-order valence-corrected chi connectivity index (χ2v) is 9.85. The van der Waals surface area contributed by atoms with Crippen LogP contribution in [0.4, 0.5) is 20.7 Å². The lowest BCUT2D eigenvalue weighted by molar-refractivity contribution is 0.251. The molecule has 2 aromatic carbocycles. The molecule has 4 aromatic rings. The number of halogens is 1. The van der Waals surface area contributed by atoms with E-state index in [0.717, 1.165) is 53.4 Å². The van der Waals surface area contributed by atoms with Crippen molar-refractivity contribution in [1.29, 1.82) is 0 Å². The van der Waals surface area contributed by atoms with Crippen LogP contribution in [0.25, 0.3) is 22.4 Å². The van der Waals surface area contributed by atoms with Crippen LogP contribution in [-0.2, 0) is 12.0 Å². The average molecular weight is 485 g/mol. The number of carbonyl (C=O) groups is 1. The van der Waals surface area contributed by atoms with Crippen LogP contribution in [0.15, 0.2) is 48.7 Å². The summed E-state index contributed by atoms with van der Waals surface area (Å²) in [4.78, 5) is 23.4. The van der Waals surface area contributed by atoms with Crippen LogP contribution in [0.2, 0.25) is 0 Å². The Morgan fingerprint density at radius 3 is 2.94 bits per heavy atom. The highest BCUT2D eigenvalue weighted by Gasteiger charge is 2.66. The van der Waals surface area contributed by atoms with Gasteiger partial charge in [0.2, 0.25) is 5.65 Å². The minimum Gasteiger partial charge on any atom is -0.355 e. The SMILES string of the molecule is NC[C@]1(c2ccccc2F)[C@@H]2CCN(c3cnc4c(-c5ccc6c(c5)NC(=O)NC6)[nH]nc4n3)C[C@@H]21. The highest BCUT2D eigenvalue weighted by molar-refractivity contribution is 5.95. The molecular weight excluding hydrogens is 459 g/mol. The zero-order valence-electron chi connectivity index (χ0n) is 19.5. The molecule has 1 saturated heterocycles. The molecule has 36 heavy (non-hydrogen) atoms. The summed E-state index contributed by atoms with van der Waals surface area (Å²) < 4.78 is 14.7. The first-order valence-electron chi connectivity index (χ1n) is 12.2. The Morgan fingerprint density at radius 1 is 1.19 bits per heavy atom. The molecule has 2 aromatic heterocycles. The van der Waals surface area contributed by atoms with Crippen molar-refractivity contribution in [2.75, 3.05) is 29.9 Å². The second-order valence-electron chi connectivity index (χ2n) is 9.85. The number of nitrogens with zero attached hydrogens (tertiary/aromatic N) is 4. The molecule has 0 spiro atoms. The predicted octanol–water partition coefficient (Wildman–Crippen LogP) is 3.15. The van der Waals surface area contributed by atoms with Gasteiger partial charge in [0.1, 0.15) is 17.2 Å². The number of nitrogens with one attached hydrogen (secondary N) is 3. The number of urea groups is 1. The van der Waals surface area contributed by atoms with Gasteiger partial charge in [0.25, 0.3) is 0 Å². The molecular formula is C26H25FN8O. The third-order valence-corrected chi connectivity index (χ3v) is 8.20. The van der Waals surface area contributed by atoms with Crippen LogP contribution < -0.4 is 21.3 Å². The fourth-order valence-corrected chi connectivity index (χ4v) is 6.32. The fraction of sp³-hybridized carbons (Fsp3) is 0.308. The lowest BCUT2D eigenvalue weighted by Gasteiger charge is -2.26. The molecule has 0 radical (unpaired) electrons. The molecule has 0 unspecified atom stereocenters. The Kier molecular flexibility index (Phi) is 4.56. The fourth-order valence-electron chi connectivity index (χ4n) is 6.32. The molecule has 2 fully saturated rings. The summed E-state index contributed by atoms with van der Waals surface area (Å²) in [5.74, 6) is 1.24. The van der Waals surface area contributed by atoms with E-state index in [9.17, 15) is 9.18 Å². The summed E-state index contributed by atoms with van der Waals surface area (Å²) in [6.07, 6.45) is 2.71. The van der Waals surface area contributed by atoms with Gasteiger partial charge in [-0.1, -0.05) is 30.3 Å². The van der Waals surface area contributed by atoms with Crippen molar-refractivity contribution in [3.63, 3.8) is 0 Å². The van der Waals surface area contributed by atoms with Crippen molar-refractivity contribution in [2.45, 2.75) is 18.4 Å². The molecule has 0 bridgehead atoms. The maximum Gasteiger partial charge on any atom is 0.319 e. The lowest BCUT2D eigenvalue weighted by Crippen LogP contribution is -2.33. The number of piperidine rings is 1. The van der Waals surface area contributed by atoms with Gasteiger partial charge in [-0.2, -0.15) is 5.10 Å². The number of nitrogens with two attached hydrogens (primary N) is 1. The van der Waals surface area contributed by atoms with Crippen LogP contribution in [0.1, 0.15) is 17.5 Å². The maximum atomic E-state index is 14.7. The molecule has 1 aliphatic carbocycles. The number of benzene rings is 2. The molecule has 2 amide bonds. The summed E-state index contributed by atoms with van der Waals surface area (Å²) in [6, 6.07) is 12.7. The molecule has 4 heterocycles. The smallest absolute Gasteiger partial charge is 0.319 e. The molecule has 1 saturated carbocycles. The molecule has 182 valence electrons. The van der Waals surface area contributed by atoms with Gasteiger partial charge in [-0.25, -0.2) is 19.2 Å². The second kappa shape index (κ2) is 7.72. The topological polar surface area (TPSA) is 125 Å². The van der Waals surface area contributed by atoms with E-state index in [1.54, 1.807) is 12.3 Å². The molecule has 10 heteroatoms. The number of fused-ring (bicyclic) bond motifs is 3. The average Bonchev–Trinajstić information content (AvgIpc) is 3.36. The van der Waals surface area contributed by atoms with E-state index in [1.165, 1.54) is 6.07 Å². The number of H-pyrrole nitrogens is 1. The Labute approximate surface area is 206 Å². The first-order chi connectivity index (χ1) is 17.6. The van der Waals surface area contributed by atoms with Crippen LogP contribution >= 0.6 is 0 Å². The van der Waals surface area contributed by atoms with Crippen LogP contribution in [-0.4, -0.2) is 45.8 Å². The number of aromatic nitrogens is 4. The normalized spacial score (nSPS) is 24.6. The highest BCUT2D eigenvalue weighted by Crippen LogP contribution is 2.63. The Bertz CT molecular complexity index is 1520. The van der Waals surface area contributed by atoms with E-state index < -0.39 is 0 Å². The maximum absolute atomic E-state index is 14.7. The van der Waals surface area contributed by atoms with Gasteiger partial charge in [0.15, 0.2) is 0 Å². The van der Waals surface area contributed by atoms with Crippen molar-refractivity contribution in [2.24, 2.45) is 17.6 Å². The molecule has 5 N–H and O–H groups in total. The molecule has 7 rings (SSSR count). The Balaban J connectivity index is 1.16. The lowest BCUT2D eigenvalue weighted by atomic mass is 9.91. The highest BCUT2D eigenvalue weighted by atomic mass is 19.1. The number of rotatable bonds is 4. The summed E-state index contributed by atoms with van der Waals surface area (Å²) in [5.41, 5.74) is 11.3. The van der Waals surface area contributed by atoms with Gasteiger partial charge in [-0.05, 0) is 41.5 Å². The van der Waals surface area contributed by atoms with Gasteiger partial charge >= 0.3 is 6.03 Å². The van der Waals surface area contributed by atoms with Gasteiger partial charge in [0, 0.05) is 42.8 Å². The number of hydrogen-bond donors (Lipinski definition) is 4. The minimum atomic E-state index is -0.311. The van der Waals surface area contributed by atoms with E-state index in [4.69, 9.17) is 15.7 Å². The van der Waals surface area contributed by atoms with E-state index in [-0.39, 0.29) is 23.2 Å². The Morgan fingerprint density at radius 2 is 2.08 bits per heavy atom. The van der Waals surface area contributed by atoms with E-state index in [2.05, 4.69) is 25.7 Å². The van der Waals surface area contributed by atoms with E-state index in [0.29, 0.717) is 30.2 Å². The predicted molar refractivity (Wildman–Crippen MR) is 134 cm³/mol. The molecule has 3 atom stereocenters. The third kappa shape index (κ3) is 3.03. The third-order valence-electron chi connectivity index (χ3n) is 8.20. The first-order valence-corrected chi connectivity index (χ1v) is 12.2. The minimum absolute atomic E-state index is 0.174. The monoisotopic (exact) mass is 484 g/mol. The quantitative estimate of drug-likeness (QED) is 0.353. The largest absolute Gasteiger partial charge is 0.355 e. The van der Waals surface area contributed by atoms with Crippen molar-refractivity contribution >= 4 is 28.7 Å². The van der Waals surface area contributed by atoms with E-state index >= 15 is 0 Å². The van der Waals surface area contributed by atoms with Gasteiger partial charge in [-0.3, -0.25) is 5.10 Å². The summed E-state index contributed by atoms with van der Waals surface area (Å²) in [6.45, 7) is 2.50. The number of amides is 2. The molecule has 3 aliphatic rings. The number of anilines is 2. The van der Waals surface area contributed by atoms with Gasteiger partial charge < -0.3 is 21.3 Å². The van der Waals surface area contributed by atoms with Gasteiger partial charge in [0.05, 0.1) is 11.9 Å².